The molecule has 12 atom stereocenters. The van der Waals surface area contributed by atoms with Crippen molar-refractivity contribution in [3.8, 4) is 0 Å². The summed E-state index contributed by atoms with van der Waals surface area (Å²) in [7, 11) is 1.17. The second kappa shape index (κ2) is 7.61. The topological polar surface area (TPSA) is 3.24 Å². The van der Waals surface area contributed by atoms with Gasteiger partial charge >= 0.3 is 0 Å². The Bertz CT molecular complexity index is 631. The second-order valence-corrected chi connectivity index (χ2v) is 18.8. The highest BCUT2D eigenvalue weighted by Gasteiger charge is 2.66. The fourth-order valence-electron chi connectivity index (χ4n) is 11.2. The minimum atomic E-state index is -1.40. The fraction of sp³-hybridized carbons (Fsp3) is 1.00. The summed E-state index contributed by atoms with van der Waals surface area (Å²) in [6.45, 7) is 18.8. The van der Waals surface area contributed by atoms with Gasteiger partial charge in [-0.3, -0.25) is 4.90 Å². The fourth-order valence-corrected chi connectivity index (χ4v) is 17.9. The molecule has 172 valence electrons. The van der Waals surface area contributed by atoms with Crippen LogP contribution < -0.4 is 0 Å². The summed E-state index contributed by atoms with van der Waals surface area (Å²) in [6, 6.07) is 1.86. The van der Waals surface area contributed by atoms with E-state index in [1.54, 1.807) is 19.3 Å². The van der Waals surface area contributed by atoms with E-state index in [0.29, 0.717) is 0 Å². The number of hydrogen-bond donors (Lipinski definition) is 0. The lowest BCUT2D eigenvalue weighted by molar-refractivity contribution is 0.109. The van der Waals surface area contributed by atoms with Crippen LogP contribution in [0.3, 0.4) is 0 Å². The third-order valence-electron chi connectivity index (χ3n) is 12.5. The van der Waals surface area contributed by atoms with Gasteiger partial charge in [0.15, 0.2) is 0 Å². The van der Waals surface area contributed by atoms with Gasteiger partial charge in [0.25, 0.3) is 0 Å². The Hall–Kier alpha value is 0.177. The SMILES string of the molecule is CC1CCC2C(C1)C1C(C3CCCCC3C1[Si](C)(C)C1C(C)C(C)C(C)C1C)N2C. The van der Waals surface area contributed by atoms with Crippen molar-refractivity contribution in [2.45, 2.75) is 116 Å². The standard InChI is InChI=1S/C28H51NSi/c1-16-13-14-24-23(15-16)25-26(29(24)6)21-11-9-10-12-22(21)28(25)30(7,8)27-19(4)17(2)18(3)20(27)5/h16-28H,9-15H2,1-8H3. The molecule has 1 nitrogen and oxygen atoms in total. The van der Waals surface area contributed by atoms with Gasteiger partial charge in [0.2, 0.25) is 0 Å². The van der Waals surface area contributed by atoms with Crippen LogP contribution in [0.25, 0.3) is 0 Å². The van der Waals surface area contributed by atoms with E-state index in [-0.39, 0.29) is 0 Å². The molecule has 12 unspecified atom stereocenters. The first-order valence-electron chi connectivity index (χ1n) is 13.9. The Morgan fingerprint density at radius 3 is 1.90 bits per heavy atom. The molecule has 4 saturated carbocycles. The van der Waals surface area contributed by atoms with E-state index in [1.165, 1.54) is 25.7 Å². The van der Waals surface area contributed by atoms with Crippen LogP contribution in [0.1, 0.15) is 79.6 Å². The monoisotopic (exact) mass is 429 g/mol. The minimum absolute atomic E-state index is 0.919. The Balaban J connectivity index is 1.55. The maximum atomic E-state index is 2.99. The van der Waals surface area contributed by atoms with Gasteiger partial charge in [-0.15, -0.1) is 0 Å². The largest absolute Gasteiger partial charge is 0.300 e. The molecule has 1 heterocycles. The molecule has 0 radical (unpaired) electrons. The van der Waals surface area contributed by atoms with Crippen molar-refractivity contribution in [1.82, 2.24) is 4.90 Å². The van der Waals surface area contributed by atoms with E-state index >= 15 is 0 Å². The number of hydrogen-bond acceptors (Lipinski definition) is 1. The van der Waals surface area contributed by atoms with E-state index in [4.69, 9.17) is 0 Å². The molecular weight excluding hydrogens is 378 g/mol. The van der Waals surface area contributed by atoms with Crippen molar-refractivity contribution in [2.24, 2.45) is 53.3 Å². The normalized spacial score (nSPS) is 56.6. The highest BCUT2D eigenvalue weighted by molar-refractivity contribution is 6.80. The van der Waals surface area contributed by atoms with Crippen molar-refractivity contribution in [3.63, 3.8) is 0 Å². The van der Waals surface area contributed by atoms with Crippen LogP contribution in [-0.2, 0) is 0 Å². The Morgan fingerprint density at radius 2 is 1.27 bits per heavy atom. The minimum Gasteiger partial charge on any atom is -0.300 e. The highest BCUT2D eigenvalue weighted by atomic mass is 28.3. The summed E-state index contributed by atoms with van der Waals surface area (Å²) in [6.07, 6.45) is 10.7. The number of likely N-dealkylation sites (tertiary alicyclic amines) is 1. The molecule has 1 aliphatic heterocycles. The number of nitrogens with zero attached hydrogens (tertiary/aromatic N) is 1. The van der Waals surface area contributed by atoms with Crippen LogP contribution in [0, 0.1) is 53.3 Å². The molecular formula is C28H51NSi. The van der Waals surface area contributed by atoms with E-state index < -0.39 is 8.07 Å². The third kappa shape index (κ3) is 2.94. The summed E-state index contributed by atoms with van der Waals surface area (Å²) in [5.74, 6) is 8.87. The van der Waals surface area contributed by atoms with E-state index in [2.05, 4.69) is 59.7 Å². The average molecular weight is 430 g/mol. The van der Waals surface area contributed by atoms with E-state index in [0.717, 1.165) is 76.4 Å². The van der Waals surface area contributed by atoms with E-state index in [1.807, 2.05) is 0 Å². The van der Waals surface area contributed by atoms with Gasteiger partial charge < -0.3 is 0 Å². The molecule has 5 fully saturated rings. The molecule has 30 heavy (non-hydrogen) atoms. The summed E-state index contributed by atoms with van der Waals surface area (Å²) in [4.78, 5) is 2.99. The predicted molar refractivity (Wildman–Crippen MR) is 132 cm³/mol. The number of rotatable bonds is 2. The first-order chi connectivity index (χ1) is 14.2. The predicted octanol–water partition coefficient (Wildman–Crippen LogP) is 7.55. The Kier molecular flexibility index (Phi) is 5.58. The summed E-state index contributed by atoms with van der Waals surface area (Å²) >= 11 is 0. The lowest BCUT2D eigenvalue weighted by Crippen LogP contribution is -2.48. The molecule has 0 aromatic rings. The zero-order valence-electron chi connectivity index (χ0n) is 21.4. The van der Waals surface area contributed by atoms with Crippen molar-refractivity contribution < 1.29 is 0 Å². The van der Waals surface area contributed by atoms with Crippen LogP contribution in [-0.4, -0.2) is 32.1 Å². The zero-order chi connectivity index (χ0) is 21.5. The molecule has 0 bridgehead atoms. The third-order valence-corrected chi connectivity index (χ3v) is 17.8. The van der Waals surface area contributed by atoms with Gasteiger partial charge in [-0.05, 0) is 97.1 Å². The van der Waals surface area contributed by atoms with Gasteiger partial charge in [-0.2, -0.15) is 0 Å². The zero-order valence-corrected chi connectivity index (χ0v) is 22.4. The molecule has 0 amide bonds. The molecule has 5 aliphatic rings. The van der Waals surface area contributed by atoms with Crippen LogP contribution in [0.2, 0.25) is 24.2 Å². The summed E-state index contributed by atoms with van der Waals surface area (Å²) in [5.41, 5.74) is 2.14. The van der Waals surface area contributed by atoms with Crippen molar-refractivity contribution in [3.05, 3.63) is 0 Å². The van der Waals surface area contributed by atoms with Crippen molar-refractivity contribution in [1.29, 1.82) is 0 Å². The smallest absolute Gasteiger partial charge is 0.0547 e. The molecule has 0 N–H and O–H groups in total. The lowest BCUT2D eigenvalue weighted by atomic mass is 9.73. The van der Waals surface area contributed by atoms with Gasteiger partial charge in [-0.1, -0.05) is 67.0 Å². The molecule has 5 rings (SSSR count). The Labute approximate surface area is 189 Å². The molecule has 1 saturated heterocycles. The van der Waals surface area contributed by atoms with Gasteiger partial charge in [-0.25, -0.2) is 0 Å². The van der Waals surface area contributed by atoms with Crippen molar-refractivity contribution >= 4 is 8.07 Å². The summed E-state index contributed by atoms with van der Waals surface area (Å²) in [5, 5.41) is 0. The maximum Gasteiger partial charge on any atom is 0.0547 e. The van der Waals surface area contributed by atoms with Crippen LogP contribution in [0.15, 0.2) is 0 Å². The molecule has 4 aliphatic carbocycles. The number of fused-ring (bicyclic) bond motifs is 5. The van der Waals surface area contributed by atoms with Crippen LogP contribution in [0.4, 0.5) is 0 Å². The van der Waals surface area contributed by atoms with Crippen LogP contribution in [0.5, 0.6) is 0 Å². The molecule has 0 spiro atoms. The lowest BCUT2D eigenvalue weighted by Gasteiger charge is -2.49. The average Bonchev–Trinajstić information content (AvgIpc) is 3.26. The van der Waals surface area contributed by atoms with E-state index in [9.17, 15) is 0 Å². The van der Waals surface area contributed by atoms with Gasteiger partial charge in [0, 0.05) is 12.1 Å². The maximum absolute atomic E-state index is 2.99. The first kappa shape index (κ1) is 22.0. The Morgan fingerprint density at radius 1 is 0.667 bits per heavy atom. The molecule has 0 aromatic heterocycles. The molecule has 2 heteroatoms. The second-order valence-electron chi connectivity index (χ2n) is 13.8. The van der Waals surface area contributed by atoms with Gasteiger partial charge in [0.05, 0.1) is 8.07 Å². The summed E-state index contributed by atoms with van der Waals surface area (Å²) < 4.78 is 0. The quantitative estimate of drug-likeness (QED) is 0.410. The van der Waals surface area contributed by atoms with Crippen molar-refractivity contribution in [2.75, 3.05) is 7.05 Å². The highest BCUT2D eigenvalue weighted by Crippen LogP contribution is 2.68. The molecule has 0 aromatic carbocycles. The van der Waals surface area contributed by atoms with Crippen LogP contribution >= 0.6 is 0 Å². The van der Waals surface area contributed by atoms with Gasteiger partial charge in [0.1, 0.15) is 0 Å². The first-order valence-corrected chi connectivity index (χ1v) is 17.0.